The van der Waals surface area contributed by atoms with Gasteiger partial charge >= 0.3 is 0 Å². The van der Waals surface area contributed by atoms with E-state index in [0.717, 1.165) is 48.2 Å². The van der Waals surface area contributed by atoms with Crippen LogP contribution in [0.25, 0.3) is 0 Å². The second-order valence-electron chi connectivity index (χ2n) is 6.99. The molecule has 3 nitrogen and oxygen atoms in total. The van der Waals surface area contributed by atoms with Crippen LogP contribution in [-0.4, -0.2) is 29.0 Å². The lowest BCUT2D eigenvalue weighted by Gasteiger charge is -2.26. The van der Waals surface area contributed by atoms with Gasteiger partial charge in [-0.1, -0.05) is 56.3 Å². The van der Waals surface area contributed by atoms with Crippen LogP contribution in [0.4, 0.5) is 0 Å². The first-order valence-electron chi connectivity index (χ1n) is 9.61. The number of phenols is 1. The molecule has 0 saturated carbocycles. The second-order valence-corrected chi connectivity index (χ2v) is 6.99. The number of rotatable bonds is 8. The average molecular weight is 354 g/mol. The summed E-state index contributed by atoms with van der Waals surface area (Å²) >= 11 is 0. The van der Waals surface area contributed by atoms with Crippen molar-refractivity contribution >= 4 is 5.91 Å². The third kappa shape index (κ3) is 4.66. The zero-order valence-corrected chi connectivity index (χ0v) is 16.5. The van der Waals surface area contributed by atoms with Crippen molar-refractivity contribution in [2.75, 3.05) is 13.1 Å². The summed E-state index contributed by atoms with van der Waals surface area (Å²) in [5.41, 5.74) is 3.84. The molecule has 0 bridgehead atoms. The first kappa shape index (κ1) is 20.0. The number of nitrogens with zero attached hydrogens (tertiary/aromatic N) is 1. The zero-order chi connectivity index (χ0) is 19.1. The first-order valence-corrected chi connectivity index (χ1v) is 9.61. The van der Waals surface area contributed by atoms with E-state index in [2.05, 4.69) is 13.8 Å². The van der Waals surface area contributed by atoms with Crippen molar-refractivity contribution in [3.05, 3.63) is 64.7 Å². The van der Waals surface area contributed by atoms with E-state index in [4.69, 9.17) is 0 Å². The molecule has 0 aromatic heterocycles. The Bertz CT molecular complexity index is 718. The number of hydrogen-bond donors (Lipinski definition) is 1. The van der Waals surface area contributed by atoms with E-state index in [1.165, 1.54) is 0 Å². The molecule has 2 aromatic carbocycles. The third-order valence-corrected chi connectivity index (χ3v) is 5.03. The summed E-state index contributed by atoms with van der Waals surface area (Å²) in [6, 6.07) is 14.0. The Hall–Kier alpha value is -2.29. The van der Waals surface area contributed by atoms with Gasteiger partial charge in [0.25, 0.3) is 0 Å². The number of hydrogen-bond acceptors (Lipinski definition) is 2. The Kier molecular flexibility index (Phi) is 7.26. The Labute approximate surface area is 157 Å². The van der Waals surface area contributed by atoms with Gasteiger partial charge in [-0.3, -0.25) is 4.79 Å². The van der Waals surface area contributed by atoms with Gasteiger partial charge in [-0.15, -0.1) is 0 Å². The van der Waals surface area contributed by atoms with E-state index < -0.39 is 0 Å². The molecule has 0 aliphatic carbocycles. The molecule has 1 amide bonds. The largest absolute Gasteiger partial charge is 0.507 e. The molecular formula is C23H31NO2. The molecule has 0 radical (unpaired) electrons. The Morgan fingerprint density at radius 1 is 1.00 bits per heavy atom. The fourth-order valence-corrected chi connectivity index (χ4v) is 3.40. The van der Waals surface area contributed by atoms with Gasteiger partial charge in [0.05, 0.1) is 0 Å². The highest BCUT2D eigenvalue weighted by molar-refractivity contribution is 5.78. The monoisotopic (exact) mass is 353 g/mol. The lowest BCUT2D eigenvalue weighted by atomic mass is 9.85. The summed E-state index contributed by atoms with van der Waals surface area (Å²) in [5, 5.41) is 10.7. The number of phenolic OH excluding ortho intramolecular Hbond substituents is 1. The predicted molar refractivity (Wildman–Crippen MR) is 108 cm³/mol. The minimum absolute atomic E-state index is 0.140. The fraction of sp³-hybridized carbons (Fsp3) is 0.435. The average Bonchev–Trinajstić information content (AvgIpc) is 2.65. The van der Waals surface area contributed by atoms with E-state index in [9.17, 15) is 9.90 Å². The number of carbonyl (C=O) groups excluding carboxylic acids is 1. The molecule has 0 saturated heterocycles. The molecule has 0 spiro atoms. The smallest absolute Gasteiger partial charge is 0.223 e. The topological polar surface area (TPSA) is 40.5 Å². The van der Waals surface area contributed by atoms with Crippen LogP contribution in [0.5, 0.6) is 5.75 Å². The second kappa shape index (κ2) is 9.42. The van der Waals surface area contributed by atoms with Gasteiger partial charge in [0.2, 0.25) is 5.91 Å². The van der Waals surface area contributed by atoms with Gasteiger partial charge in [0.15, 0.2) is 0 Å². The van der Waals surface area contributed by atoms with Crippen molar-refractivity contribution in [2.45, 2.75) is 52.9 Å². The molecule has 0 heterocycles. The SMILES string of the molecule is CCCN(CCC)C(=O)CC(c1ccccc1)c1ccc(C)c(C)c1O. The van der Waals surface area contributed by atoms with Gasteiger partial charge in [0.1, 0.15) is 5.75 Å². The van der Waals surface area contributed by atoms with E-state index in [0.29, 0.717) is 12.2 Å². The highest BCUT2D eigenvalue weighted by Gasteiger charge is 2.24. The number of aryl methyl sites for hydroxylation is 1. The van der Waals surface area contributed by atoms with E-state index in [1.807, 2.05) is 61.2 Å². The van der Waals surface area contributed by atoms with Gasteiger partial charge in [0, 0.05) is 31.0 Å². The Morgan fingerprint density at radius 3 is 2.19 bits per heavy atom. The predicted octanol–water partition coefficient (Wildman–Crippen LogP) is 5.18. The molecule has 140 valence electrons. The standard InChI is InChI=1S/C23H31NO2/c1-5-14-24(15-6-2)22(25)16-21(19-10-8-7-9-11-19)20-13-12-17(3)18(4)23(20)26/h7-13,21,26H,5-6,14-16H2,1-4H3. The van der Waals surface area contributed by atoms with Crippen LogP contribution in [0.1, 0.15) is 61.3 Å². The molecule has 3 heteroatoms. The minimum atomic E-state index is -0.140. The van der Waals surface area contributed by atoms with Crippen molar-refractivity contribution in [2.24, 2.45) is 0 Å². The number of benzene rings is 2. The highest BCUT2D eigenvalue weighted by atomic mass is 16.3. The van der Waals surface area contributed by atoms with Crippen molar-refractivity contribution in [1.29, 1.82) is 0 Å². The van der Waals surface area contributed by atoms with Crippen LogP contribution < -0.4 is 0 Å². The fourth-order valence-electron chi connectivity index (χ4n) is 3.40. The van der Waals surface area contributed by atoms with Crippen LogP contribution in [0.3, 0.4) is 0 Å². The van der Waals surface area contributed by atoms with E-state index in [-0.39, 0.29) is 11.8 Å². The molecule has 0 aliphatic rings. The number of aromatic hydroxyl groups is 1. The van der Waals surface area contributed by atoms with Crippen LogP contribution in [0.2, 0.25) is 0 Å². The highest BCUT2D eigenvalue weighted by Crippen LogP contribution is 2.37. The number of amides is 1. The van der Waals surface area contributed by atoms with Gasteiger partial charge in [-0.2, -0.15) is 0 Å². The maximum Gasteiger partial charge on any atom is 0.223 e. The molecular weight excluding hydrogens is 322 g/mol. The molecule has 0 aliphatic heterocycles. The molecule has 1 unspecified atom stereocenters. The van der Waals surface area contributed by atoms with Crippen molar-refractivity contribution in [1.82, 2.24) is 4.90 Å². The summed E-state index contributed by atoms with van der Waals surface area (Å²) in [6.45, 7) is 9.68. The van der Waals surface area contributed by atoms with E-state index >= 15 is 0 Å². The summed E-state index contributed by atoms with van der Waals surface area (Å²) in [4.78, 5) is 14.9. The molecule has 2 rings (SSSR count). The van der Waals surface area contributed by atoms with Crippen molar-refractivity contribution in [3.8, 4) is 5.75 Å². The van der Waals surface area contributed by atoms with Crippen LogP contribution in [0.15, 0.2) is 42.5 Å². The van der Waals surface area contributed by atoms with Crippen LogP contribution in [-0.2, 0) is 4.79 Å². The molecule has 1 N–H and O–H groups in total. The molecule has 1 atom stereocenters. The minimum Gasteiger partial charge on any atom is -0.507 e. The van der Waals surface area contributed by atoms with Crippen LogP contribution in [0, 0.1) is 13.8 Å². The van der Waals surface area contributed by atoms with Gasteiger partial charge < -0.3 is 10.0 Å². The summed E-state index contributed by atoms with van der Waals surface area (Å²) in [5.74, 6) is 0.323. The Morgan fingerprint density at radius 2 is 1.62 bits per heavy atom. The van der Waals surface area contributed by atoms with E-state index in [1.54, 1.807) is 0 Å². The molecule has 2 aromatic rings. The zero-order valence-electron chi connectivity index (χ0n) is 16.5. The summed E-state index contributed by atoms with van der Waals surface area (Å²) in [7, 11) is 0. The first-order chi connectivity index (χ1) is 12.5. The summed E-state index contributed by atoms with van der Waals surface area (Å²) in [6.07, 6.45) is 2.29. The van der Waals surface area contributed by atoms with Gasteiger partial charge in [-0.25, -0.2) is 0 Å². The molecule has 0 fully saturated rings. The van der Waals surface area contributed by atoms with Crippen molar-refractivity contribution < 1.29 is 9.90 Å². The maximum absolute atomic E-state index is 13.0. The molecule has 26 heavy (non-hydrogen) atoms. The van der Waals surface area contributed by atoms with Gasteiger partial charge in [-0.05, 0) is 43.4 Å². The van der Waals surface area contributed by atoms with Crippen molar-refractivity contribution in [3.63, 3.8) is 0 Å². The quantitative estimate of drug-likeness (QED) is 0.710. The maximum atomic E-state index is 13.0. The third-order valence-electron chi connectivity index (χ3n) is 5.03. The lowest BCUT2D eigenvalue weighted by molar-refractivity contribution is -0.131. The lowest BCUT2D eigenvalue weighted by Crippen LogP contribution is -2.33. The van der Waals surface area contributed by atoms with Crippen LogP contribution >= 0.6 is 0 Å². The number of carbonyl (C=O) groups is 1. The normalized spacial score (nSPS) is 12.0. The summed E-state index contributed by atoms with van der Waals surface area (Å²) < 4.78 is 0. The Balaban J connectivity index is 2.40.